The van der Waals surface area contributed by atoms with Crippen LogP contribution in [-0.4, -0.2) is 57.1 Å². The van der Waals surface area contributed by atoms with Crippen LogP contribution in [0.5, 0.6) is 0 Å². The molecule has 2 saturated heterocycles. The largest absolute Gasteiger partial charge is 0.481 e. The van der Waals surface area contributed by atoms with Crippen molar-refractivity contribution >= 4 is 11.9 Å². The fourth-order valence-electron chi connectivity index (χ4n) is 4.39. The topological polar surface area (TPSA) is 102 Å². The molecule has 0 saturated carbocycles. The molecule has 4 heterocycles. The second-order valence-electron chi connectivity index (χ2n) is 7.66. The molecule has 0 unspecified atom stereocenters. The monoisotopic (exact) mass is 369 g/mol. The van der Waals surface area contributed by atoms with E-state index >= 15 is 0 Å². The number of nitrogens with zero attached hydrogens (tertiary/aromatic N) is 4. The van der Waals surface area contributed by atoms with Gasteiger partial charge in [-0.1, -0.05) is 0 Å². The summed E-state index contributed by atoms with van der Waals surface area (Å²) in [4.78, 5) is 40.2. The average Bonchev–Trinajstić information content (AvgIpc) is 3.18. The van der Waals surface area contributed by atoms with Crippen LogP contribution in [0.4, 0.5) is 5.95 Å². The number of pyridine rings is 1. The molecule has 27 heavy (non-hydrogen) atoms. The van der Waals surface area contributed by atoms with E-state index in [2.05, 4.69) is 19.9 Å². The third-order valence-corrected chi connectivity index (χ3v) is 5.94. The molecule has 2 aromatic heterocycles. The summed E-state index contributed by atoms with van der Waals surface area (Å²) >= 11 is 0. The number of nitrogens with one attached hydrogen (secondary N) is 1. The normalized spacial score (nSPS) is 25.0. The van der Waals surface area contributed by atoms with Gasteiger partial charge in [-0.05, 0) is 19.9 Å². The highest BCUT2D eigenvalue weighted by molar-refractivity contribution is 5.78. The number of aromatic nitrogens is 3. The first-order valence-corrected chi connectivity index (χ1v) is 9.06. The van der Waals surface area contributed by atoms with E-state index in [4.69, 9.17) is 0 Å². The van der Waals surface area contributed by atoms with Crippen LogP contribution in [0, 0.1) is 25.2 Å². The van der Waals surface area contributed by atoms with Gasteiger partial charge in [0.25, 0.3) is 0 Å². The van der Waals surface area contributed by atoms with Gasteiger partial charge < -0.3 is 15.0 Å². The number of likely N-dealkylation sites (tertiary alicyclic amines) is 1. The van der Waals surface area contributed by atoms with Crippen LogP contribution in [0.25, 0.3) is 0 Å². The van der Waals surface area contributed by atoms with Gasteiger partial charge in [0.1, 0.15) is 5.41 Å². The Labute approximate surface area is 156 Å². The van der Waals surface area contributed by atoms with Crippen LogP contribution in [0.2, 0.25) is 0 Å². The molecule has 0 spiro atoms. The van der Waals surface area contributed by atoms with Crippen molar-refractivity contribution in [3.05, 3.63) is 51.7 Å². The SMILES string of the molecule is Cc1c[nH]c(CN2C[C@@H]3CN(c4ncccn4)C[C@]3(C(=O)O)C2)c(C)c1=O. The van der Waals surface area contributed by atoms with E-state index in [0.717, 1.165) is 5.69 Å². The van der Waals surface area contributed by atoms with Gasteiger partial charge in [0, 0.05) is 74.1 Å². The molecule has 0 bridgehead atoms. The molecule has 0 aromatic carbocycles. The number of hydrogen-bond donors (Lipinski definition) is 2. The minimum Gasteiger partial charge on any atom is -0.481 e. The van der Waals surface area contributed by atoms with E-state index in [9.17, 15) is 14.7 Å². The van der Waals surface area contributed by atoms with Gasteiger partial charge in [-0.25, -0.2) is 9.97 Å². The third kappa shape index (κ3) is 2.90. The van der Waals surface area contributed by atoms with E-state index in [1.54, 1.807) is 31.6 Å². The molecular weight excluding hydrogens is 346 g/mol. The lowest BCUT2D eigenvalue weighted by atomic mass is 9.81. The van der Waals surface area contributed by atoms with Crippen molar-refractivity contribution in [2.75, 3.05) is 31.1 Å². The van der Waals surface area contributed by atoms with Gasteiger partial charge >= 0.3 is 5.97 Å². The van der Waals surface area contributed by atoms with E-state index in [-0.39, 0.29) is 11.3 Å². The quantitative estimate of drug-likeness (QED) is 0.822. The zero-order chi connectivity index (χ0) is 19.2. The summed E-state index contributed by atoms with van der Waals surface area (Å²) in [7, 11) is 0. The first-order chi connectivity index (χ1) is 12.9. The molecule has 2 aliphatic rings. The summed E-state index contributed by atoms with van der Waals surface area (Å²) in [5, 5.41) is 10.0. The summed E-state index contributed by atoms with van der Waals surface area (Å²) in [5.41, 5.74) is 1.46. The number of H-pyrrole nitrogens is 1. The van der Waals surface area contributed by atoms with Crippen LogP contribution in [0.1, 0.15) is 16.8 Å². The molecule has 4 rings (SSSR count). The Morgan fingerprint density at radius 3 is 2.70 bits per heavy atom. The van der Waals surface area contributed by atoms with Crippen molar-refractivity contribution in [3.8, 4) is 0 Å². The number of aryl methyl sites for hydroxylation is 1. The van der Waals surface area contributed by atoms with E-state index in [0.29, 0.717) is 49.8 Å². The lowest BCUT2D eigenvalue weighted by Gasteiger charge is -2.25. The van der Waals surface area contributed by atoms with Gasteiger partial charge in [-0.2, -0.15) is 0 Å². The lowest BCUT2D eigenvalue weighted by molar-refractivity contribution is -0.148. The summed E-state index contributed by atoms with van der Waals surface area (Å²) in [6.07, 6.45) is 5.07. The van der Waals surface area contributed by atoms with Gasteiger partial charge in [0.2, 0.25) is 5.95 Å². The first-order valence-electron chi connectivity index (χ1n) is 9.06. The summed E-state index contributed by atoms with van der Waals surface area (Å²) in [5.74, 6) is -0.198. The number of aromatic amines is 1. The Kier molecular flexibility index (Phi) is 4.22. The molecule has 8 nitrogen and oxygen atoms in total. The average molecular weight is 369 g/mol. The van der Waals surface area contributed by atoms with Crippen molar-refractivity contribution in [1.29, 1.82) is 0 Å². The molecule has 0 aliphatic carbocycles. The van der Waals surface area contributed by atoms with E-state index in [1.165, 1.54) is 0 Å². The van der Waals surface area contributed by atoms with Crippen molar-refractivity contribution in [1.82, 2.24) is 19.9 Å². The fourth-order valence-corrected chi connectivity index (χ4v) is 4.39. The Balaban J connectivity index is 1.55. The van der Waals surface area contributed by atoms with Crippen molar-refractivity contribution in [3.63, 3.8) is 0 Å². The second kappa shape index (κ2) is 6.45. The number of aliphatic carboxylic acids is 1. The predicted molar refractivity (Wildman–Crippen MR) is 99.6 cm³/mol. The molecule has 8 heteroatoms. The maximum atomic E-state index is 12.2. The summed E-state index contributed by atoms with van der Waals surface area (Å²) in [6.45, 7) is 6.30. The molecule has 2 aromatic rings. The Hall–Kier alpha value is -2.74. The zero-order valence-electron chi connectivity index (χ0n) is 15.5. The van der Waals surface area contributed by atoms with Gasteiger partial charge in [-0.15, -0.1) is 0 Å². The number of rotatable bonds is 4. The summed E-state index contributed by atoms with van der Waals surface area (Å²) in [6, 6.07) is 1.75. The molecule has 0 radical (unpaired) electrons. The van der Waals surface area contributed by atoms with Gasteiger partial charge in [0.05, 0.1) is 0 Å². The number of fused-ring (bicyclic) bond motifs is 1. The maximum Gasteiger partial charge on any atom is 0.313 e. The van der Waals surface area contributed by atoms with Gasteiger partial charge in [-0.3, -0.25) is 14.5 Å². The zero-order valence-corrected chi connectivity index (χ0v) is 15.5. The Morgan fingerprint density at radius 2 is 2.04 bits per heavy atom. The molecule has 142 valence electrons. The van der Waals surface area contributed by atoms with Crippen LogP contribution >= 0.6 is 0 Å². The number of carbonyl (C=O) groups is 1. The smallest absolute Gasteiger partial charge is 0.313 e. The Morgan fingerprint density at radius 1 is 1.30 bits per heavy atom. The van der Waals surface area contributed by atoms with Gasteiger partial charge in [0.15, 0.2) is 5.43 Å². The molecule has 2 atom stereocenters. The second-order valence-corrected chi connectivity index (χ2v) is 7.66. The minimum atomic E-state index is -0.835. The first kappa shape index (κ1) is 17.7. The standard InChI is InChI=1S/C19H23N5O3/c1-12-6-22-15(13(2)16(12)25)9-23-7-14-8-24(18-20-4-3-5-21-18)11-19(14,10-23)17(26)27/h3-6,14H,7-11H2,1-2H3,(H,22,25)(H,26,27)/t14-,19-/m1/s1. The number of carboxylic acid groups (broad SMARTS) is 1. The molecule has 0 amide bonds. The van der Waals surface area contributed by atoms with Crippen LogP contribution in [0.3, 0.4) is 0 Å². The predicted octanol–water partition coefficient (Wildman–Crippen LogP) is 0.805. The molecular formula is C19H23N5O3. The molecule has 2 aliphatic heterocycles. The van der Waals surface area contributed by atoms with Crippen LogP contribution < -0.4 is 10.3 Å². The summed E-state index contributed by atoms with van der Waals surface area (Å²) < 4.78 is 0. The third-order valence-electron chi connectivity index (χ3n) is 5.94. The highest BCUT2D eigenvalue weighted by Crippen LogP contribution is 2.44. The van der Waals surface area contributed by atoms with E-state index < -0.39 is 11.4 Å². The molecule has 2 N–H and O–H groups in total. The lowest BCUT2D eigenvalue weighted by Crippen LogP contribution is -2.41. The fraction of sp³-hybridized carbons (Fsp3) is 0.474. The Bertz CT molecular complexity index is 929. The minimum absolute atomic E-state index is 0.00344. The van der Waals surface area contributed by atoms with Crippen molar-refractivity contribution in [2.45, 2.75) is 20.4 Å². The number of anilines is 1. The van der Waals surface area contributed by atoms with Crippen molar-refractivity contribution in [2.24, 2.45) is 11.3 Å². The van der Waals surface area contributed by atoms with Crippen molar-refractivity contribution < 1.29 is 9.90 Å². The number of carboxylic acids is 1. The highest BCUT2D eigenvalue weighted by Gasteiger charge is 2.58. The van der Waals surface area contributed by atoms with Crippen LogP contribution in [0.15, 0.2) is 29.5 Å². The van der Waals surface area contributed by atoms with Crippen LogP contribution in [-0.2, 0) is 11.3 Å². The highest BCUT2D eigenvalue weighted by atomic mass is 16.4. The maximum absolute atomic E-state index is 12.2. The number of hydrogen-bond acceptors (Lipinski definition) is 6. The molecule has 2 fully saturated rings. The van der Waals surface area contributed by atoms with E-state index in [1.807, 2.05) is 11.8 Å².